The van der Waals surface area contributed by atoms with Gasteiger partial charge in [-0.2, -0.15) is 4.98 Å². The van der Waals surface area contributed by atoms with Crippen molar-refractivity contribution in [3.63, 3.8) is 0 Å². The van der Waals surface area contributed by atoms with Crippen LogP contribution in [0.15, 0.2) is 36.8 Å². The van der Waals surface area contributed by atoms with Gasteiger partial charge in [-0.05, 0) is 25.0 Å². The fourth-order valence-corrected chi connectivity index (χ4v) is 3.39. The molecule has 2 N–H and O–H groups in total. The summed E-state index contributed by atoms with van der Waals surface area (Å²) in [5.41, 5.74) is 0.631. The van der Waals surface area contributed by atoms with Gasteiger partial charge < -0.3 is 8.94 Å². The first-order chi connectivity index (χ1) is 11.5. The molecule has 0 unspecified atom stereocenters. The van der Waals surface area contributed by atoms with E-state index in [4.69, 9.17) is 8.94 Å². The van der Waals surface area contributed by atoms with E-state index in [0.29, 0.717) is 29.6 Å². The van der Waals surface area contributed by atoms with E-state index < -0.39 is 15.8 Å². The summed E-state index contributed by atoms with van der Waals surface area (Å²) in [6.45, 7) is 0.129. The second-order valence-electron chi connectivity index (χ2n) is 5.64. The third-order valence-electron chi connectivity index (χ3n) is 3.76. The summed E-state index contributed by atoms with van der Waals surface area (Å²) in [6, 6.07) is 4.18. The summed E-state index contributed by atoms with van der Waals surface area (Å²) >= 11 is 0. The Bertz CT molecular complexity index is 1040. The van der Waals surface area contributed by atoms with Crippen molar-refractivity contribution in [1.82, 2.24) is 19.8 Å². The zero-order chi connectivity index (χ0) is 16.7. The smallest absolute Gasteiger partial charge is 0.408 e. The Kier molecular flexibility index (Phi) is 3.50. The molecule has 0 bridgehead atoms. The van der Waals surface area contributed by atoms with Crippen LogP contribution in [0.3, 0.4) is 0 Å². The first-order valence-electron chi connectivity index (χ1n) is 7.46. The quantitative estimate of drug-likeness (QED) is 0.675. The van der Waals surface area contributed by atoms with Gasteiger partial charge in [0.25, 0.3) is 0 Å². The Labute approximate surface area is 136 Å². The number of sulfonamides is 1. The third-order valence-corrected chi connectivity index (χ3v) is 5.22. The third kappa shape index (κ3) is 2.97. The highest BCUT2D eigenvalue weighted by atomic mass is 32.2. The maximum Gasteiger partial charge on any atom is 0.417 e. The van der Waals surface area contributed by atoms with E-state index >= 15 is 0 Å². The van der Waals surface area contributed by atoms with E-state index in [1.54, 1.807) is 0 Å². The zero-order valence-corrected chi connectivity index (χ0v) is 13.3. The minimum atomic E-state index is -3.73. The predicted octanol–water partition coefficient (Wildman–Crippen LogP) is 0.902. The van der Waals surface area contributed by atoms with Crippen LogP contribution in [0, 0.1) is 0 Å². The Morgan fingerprint density at radius 1 is 1.33 bits per heavy atom. The molecule has 2 heterocycles. The summed E-state index contributed by atoms with van der Waals surface area (Å²) in [5.74, 6) is 0.866. The van der Waals surface area contributed by atoms with Crippen LogP contribution in [0.5, 0.6) is 0 Å². The second kappa shape index (κ2) is 5.56. The minimum absolute atomic E-state index is 0.0157. The lowest BCUT2D eigenvalue weighted by Crippen LogP contribution is -2.26. The number of rotatable bonds is 6. The number of fused-ring (bicyclic) bond motifs is 1. The molecular formula is C14H14N4O5S. The maximum absolute atomic E-state index is 12.3. The molecule has 1 saturated carbocycles. The van der Waals surface area contributed by atoms with Gasteiger partial charge in [-0.15, -0.1) is 0 Å². The average Bonchev–Trinajstić information content (AvgIpc) is 3.16. The van der Waals surface area contributed by atoms with Crippen molar-refractivity contribution in [3.8, 4) is 0 Å². The molecule has 2 aromatic heterocycles. The molecule has 0 atom stereocenters. The standard InChI is InChI=1S/C14H14N4O5S/c19-14-16-10-4-3-9(7-11(10)22-14)24(20,21)15-6-5-12-17-13(18-23-12)8-1-2-8/h3-4,7-8,15H,1-2,5-6H2,(H,16,19). The molecule has 1 aliphatic rings. The molecule has 1 fully saturated rings. The topological polar surface area (TPSA) is 131 Å². The highest BCUT2D eigenvalue weighted by Gasteiger charge is 2.28. The van der Waals surface area contributed by atoms with Gasteiger partial charge in [0.2, 0.25) is 15.9 Å². The molecule has 0 saturated heterocycles. The van der Waals surface area contributed by atoms with Crippen LogP contribution in [-0.2, 0) is 16.4 Å². The lowest BCUT2D eigenvalue weighted by atomic mass is 10.3. The highest BCUT2D eigenvalue weighted by Crippen LogP contribution is 2.38. The second-order valence-corrected chi connectivity index (χ2v) is 7.41. The zero-order valence-electron chi connectivity index (χ0n) is 12.5. The lowest BCUT2D eigenvalue weighted by Gasteiger charge is -2.05. The van der Waals surface area contributed by atoms with Gasteiger partial charge in [-0.3, -0.25) is 4.98 Å². The normalized spacial score (nSPS) is 15.2. The molecule has 0 radical (unpaired) electrons. The molecule has 0 spiro atoms. The first kappa shape index (κ1) is 15.1. The van der Waals surface area contributed by atoms with Gasteiger partial charge in [-0.1, -0.05) is 5.16 Å². The van der Waals surface area contributed by atoms with E-state index in [0.717, 1.165) is 12.8 Å². The van der Waals surface area contributed by atoms with Crippen LogP contribution in [-0.4, -0.2) is 30.1 Å². The maximum atomic E-state index is 12.3. The predicted molar refractivity (Wildman–Crippen MR) is 82.0 cm³/mol. The summed E-state index contributed by atoms with van der Waals surface area (Å²) in [6.07, 6.45) is 2.45. The monoisotopic (exact) mass is 350 g/mol. The fraction of sp³-hybridized carbons (Fsp3) is 0.357. The number of hydrogen-bond donors (Lipinski definition) is 2. The van der Waals surface area contributed by atoms with Crippen molar-refractivity contribution >= 4 is 21.1 Å². The summed E-state index contributed by atoms with van der Waals surface area (Å²) in [5, 5.41) is 3.88. The number of nitrogens with one attached hydrogen (secondary N) is 2. The summed E-state index contributed by atoms with van der Waals surface area (Å²) in [7, 11) is -3.73. The molecule has 0 aliphatic heterocycles. The van der Waals surface area contributed by atoms with Crippen LogP contribution >= 0.6 is 0 Å². The van der Waals surface area contributed by atoms with Crippen LogP contribution in [0.4, 0.5) is 0 Å². The van der Waals surface area contributed by atoms with Gasteiger partial charge in [-0.25, -0.2) is 17.9 Å². The van der Waals surface area contributed by atoms with Crippen LogP contribution in [0.2, 0.25) is 0 Å². The molecule has 0 amide bonds. The summed E-state index contributed by atoms with van der Waals surface area (Å²) < 4.78 is 37.0. The van der Waals surface area contributed by atoms with Crippen molar-refractivity contribution in [1.29, 1.82) is 0 Å². The van der Waals surface area contributed by atoms with E-state index in [1.165, 1.54) is 18.2 Å². The van der Waals surface area contributed by atoms with Crippen LogP contribution in [0.25, 0.3) is 11.1 Å². The van der Waals surface area contributed by atoms with E-state index in [9.17, 15) is 13.2 Å². The van der Waals surface area contributed by atoms with Gasteiger partial charge in [0, 0.05) is 24.9 Å². The number of hydrogen-bond acceptors (Lipinski definition) is 7. The van der Waals surface area contributed by atoms with E-state index in [-0.39, 0.29) is 17.0 Å². The molecule has 3 aromatic rings. The van der Waals surface area contributed by atoms with Crippen molar-refractivity contribution in [3.05, 3.63) is 40.5 Å². The van der Waals surface area contributed by atoms with E-state index in [2.05, 4.69) is 19.8 Å². The number of oxazole rings is 1. The molecule has 1 aromatic carbocycles. The SMILES string of the molecule is O=c1[nH]c2ccc(S(=O)(=O)NCCc3nc(C4CC4)no3)cc2o1. The Morgan fingerprint density at radius 3 is 2.96 bits per heavy atom. The van der Waals surface area contributed by atoms with Crippen LogP contribution < -0.4 is 10.5 Å². The van der Waals surface area contributed by atoms with Crippen molar-refractivity contribution in [2.45, 2.75) is 30.1 Å². The summed E-state index contributed by atoms with van der Waals surface area (Å²) in [4.78, 5) is 17.8. The molecule has 126 valence electrons. The van der Waals surface area contributed by atoms with Gasteiger partial charge in [0.15, 0.2) is 11.4 Å². The Balaban J connectivity index is 1.44. The Hall–Kier alpha value is -2.46. The minimum Gasteiger partial charge on any atom is -0.408 e. The molecule has 4 rings (SSSR count). The molecule has 24 heavy (non-hydrogen) atoms. The number of aromatic amines is 1. The van der Waals surface area contributed by atoms with Gasteiger partial charge in [0.05, 0.1) is 10.4 Å². The number of aromatic nitrogens is 3. The molecule has 9 nitrogen and oxygen atoms in total. The first-order valence-corrected chi connectivity index (χ1v) is 8.94. The average molecular weight is 350 g/mol. The van der Waals surface area contributed by atoms with Gasteiger partial charge >= 0.3 is 5.76 Å². The molecular weight excluding hydrogens is 336 g/mol. The van der Waals surface area contributed by atoms with Crippen molar-refractivity contribution in [2.75, 3.05) is 6.54 Å². The van der Waals surface area contributed by atoms with Crippen LogP contribution in [0.1, 0.15) is 30.5 Å². The largest absolute Gasteiger partial charge is 0.417 e. The number of benzene rings is 1. The highest BCUT2D eigenvalue weighted by molar-refractivity contribution is 7.89. The number of H-pyrrole nitrogens is 1. The fourth-order valence-electron chi connectivity index (χ4n) is 2.35. The van der Waals surface area contributed by atoms with Crippen molar-refractivity contribution in [2.24, 2.45) is 0 Å². The van der Waals surface area contributed by atoms with Gasteiger partial charge in [0.1, 0.15) is 0 Å². The lowest BCUT2D eigenvalue weighted by molar-refractivity contribution is 0.373. The molecule has 1 aliphatic carbocycles. The number of nitrogens with zero attached hydrogens (tertiary/aromatic N) is 2. The molecule has 10 heteroatoms. The van der Waals surface area contributed by atoms with E-state index in [1.807, 2.05) is 0 Å². The van der Waals surface area contributed by atoms with Crippen molar-refractivity contribution < 1.29 is 17.4 Å². The Morgan fingerprint density at radius 2 is 2.17 bits per heavy atom.